The Morgan fingerprint density at radius 3 is 2.26 bits per heavy atom. The molecular weight excluding hydrogens is 574 g/mol. The van der Waals surface area contributed by atoms with Gasteiger partial charge in [0.05, 0.1) is 19.1 Å². The number of carbonyl (C=O) groups excluding carboxylic acids is 2. The van der Waals surface area contributed by atoms with E-state index in [4.69, 9.17) is 16.3 Å². The third-order valence-corrected chi connectivity index (χ3v) is 8.12. The van der Waals surface area contributed by atoms with Gasteiger partial charge < -0.3 is 15.0 Å². The molecule has 8 nitrogen and oxygen atoms in total. The van der Waals surface area contributed by atoms with Gasteiger partial charge in [0.1, 0.15) is 11.8 Å². The Morgan fingerprint density at radius 1 is 0.952 bits per heavy atom. The minimum atomic E-state index is -3.66. The van der Waals surface area contributed by atoms with E-state index in [0.29, 0.717) is 29.4 Å². The first-order valence-corrected chi connectivity index (χ1v) is 16.2. The van der Waals surface area contributed by atoms with Crippen LogP contribution in [0.1, 0.15) is 37.8 Å². The number of methoxy groups -OCH3 is 1. The quantitative estimate of drug-likeness (QED) is 0.251. The Labute approximate surface area is 254 Å². The normalized spacial score (nSPS) is 12.0. The van der Waals surface area contributed by atoms with Gasteiger partial charge in [-0.25, -0.2) is 8.42 Å². The number of ether oxygens (including phenoxy) is 1. The molecular formula is C32H40ClN3O5S. The van der Waals surface area contributed by atoms with Crippen molar-refractivity contribution in [3.8, 4) is 5.75 Å². The molecule has 3 rings (SSSR count). The third-order valence-electron chi connectivity index (χ3n) is 6.70. The van der Waals surface area contributed by atoms with Crippen LogP contribution < -0.4 is 14.4 Å². The largest absolute Gasteiger partial charge is 0.495 e. The summed E-state index contributed by atoms with van der Waals surface area (Å²) in [5, 5.41) is 3.53. The Bertz CT molecular complexity index is 1430. The van der Waals surface area contributed by atoms with E-state index in [-0.39, 0.29) is 43.7 Å². The minimum absolute atomic E-state index is 0.0322. The Hall–Kier alpha value is -3.56. The van der Waals surface area contributed by atoms with Crippen LogP contribution in [0.3, 0.4) is 0 Å². The smallest absolute Gasteiger partial charge is 0.243 e. The van der Waals surface area contributed by atoms with Gasteiger partial charge in [-0.2, -0.15) is 0 Å². The van der Waals surface area contributed by atoms with E-state index < -0.39 is 16.1 Å². The highest BCUT2D eigenvalue weighted by Gasteiger charge is 2.31. The predicted molar refractivity (Wildman–Crippen MR) is 168 cm³/mol. The monoisotopic (exact) mass is 613 g/mol. The van der Waals surface area contributed by atoms with Crippen LogP contribution in [-0.4, -0.2) is 57.6 Å². The molecule has 0 aromatic heterocycles. The van der Waals surface area contributed by atoms with Crippen molar-refractivity contribution in [1.29, 1.82) is 0 Å². The number of sulfonamides is 1. The van der Waals surface area contributed by atoms with Gasteiger partial charge in [0.2, 0.25) is 21.8 Å². The molecule has 0 aliphatic rings. The van der Waals surface area contributed by atoms with Crippen molar-refractivity contribution in [2.75, 3.05) is 30.8 Å². The second-order valence-electron chi connectivity index (χ2n) is 10.6. The average molecular weight is 614 g/mol. The Balaban J connectivity index is 1.90. The zero-order chi connectivity index (χ0) is 30.7. The van der Waals surface area contributed by atoms with Crippen LogP contribution >= 0.6 is 11.6 Å². The van der Waals surface area contributed by atoms with E-state index in [9.17, 15) is 18.0 Å². The Kier molecular flexibility index (Phi) is 12.2. The number of hydrogen-bond acceptors (Lipinski definition) is 5. The summed E-state index contributed by atoms with van der Waals surface area (Å²) < 4.78 is 32.1. The van der Waals surface area contributed by atoms with Gasteiger partial charge in [0.15, 0.2) is 0 Å². The van der Waals surface area contributed by atoms with E-state index >= 15 is 0 Å². The van der Waals surface area contributed by atoms with Crippen LogP contribution in [0.25, 0.3) is 0 Å². The summed E-state index contributed by atoms with van der Waals surface area (Å²) in [6.45, 7) is 4.74. The first kappa shape index (κ1) is 32.9. The van der Waals surface area contributed by atoms with E-state index in [1.54, 1.807) is 41.3 Å². The van der Waals surface area contributed by atoms with Gasteiger partial charge in [-0.3, -0.25) is 13.9 Å². The molecule has 0 unspecified atom stereocenters. The van der Waals surface area contributed by atoms with Crippen molar-refractivity contribution >= 4 is 39.1 Å². The van der Waals surface area contributed by atoms with Crippen molar-refractivity contribution in [3.63, 3.8) is 0 Å². The molecule has 0 heterocycles. The van der Waals surface area contributed by atoms with Crippen molar-refractivity contribution in [2.24, 2.45) is 5.92 Å². The molecule has 0 saturated carbocycles. The maximum absolute atomic E-state index is 13.9. The molecule has 1 N–H and O–H groups in total. The number of carbonyl (C=O) groups is 2. The molecule has 0 bridgehead atoms. The molecule has 3 aromatic rings. The van der Waals surface area contributed by atoms with E-state index in [1.165, 1.54) is 11.4 Å². The molecule has 42 heavy (non-hydrogen) atoms. The van der Waals surface area contributed by atoms with Crippen LogP contribution in [0.4, 0.5) is 5.69 Å². The predicted octanol–water partition coefficient (Wildman–Crippen LogP) is 5.31. The molecule has 0 aliphatic heterocycles. The minimum Gasteiger partial charge on any atom is -0.495 e. The number of amides is 2. The highest BCUT2D eigenvalue weighted by molar-refractivity contribution is 7.92. The fourth-order valence-electron chi connectivity index (χ4n) is 4.63. The molecule has 3 aromatic carbocycles. The van der Waals surface area contributed by atoms with Gasteiger partial charge in [-0.15, -0.1) is 0 Å². The van der Waals surface area contributed by atoms with Crippen LogP contribution in [0.2, 0.25) is 5.02 Å². The lowest BCUT2D eigenvalue weighted by Crippen LogP contribution is -2.51. The molecule has 0 fully saturated rings. The van der Waals surface area contributed by atoms with Gasteiger partial charge in [0.25, 0.3) is 0 Å². The van der Waals surface area contributed by atoms with Crippen molar-refractivity contribution in [1.82, 2.24) is 10.2 Å². The van der Waals surface area contributed by atoms with Gasteiger partial charge in [-0.05, 0) is 47.7 Å². The first-order chi connectivity index (χ1) is 20.0. The summed E-state index contributed by atoms with van der Waals surface area (Å²) in [5.41, 5.74) is 2.11. The lowest BCUT2D eigenvalue weighted by molar-refractivity contribution is -0.141. The van der Waals surface area contributed by atoms with Crippen molar-refractivity contribution in [3.05, 3.63) is 95.0 Å². The molecule has 0 spiro atoms. The van der Waals surface area contributed by atoms with E-state index in [0.717, 1.165) is 17.4 Å². The second-order valence-corrected chi connectivity index (χ2v) is 12.9. The van der Waals surface area contributed by atoms with Crippen LogP contribution in [0.15, 0.2) is 78.9 Å². The number of nitrogens with one attached hydrogen (secondary N) is 1. The van der Waals surface area contributed by atoms with Gasteiger partial charge in [0, 0.05) is 37.5 Å². The number of nitrogens with zero attached hydrogens (tertiary/aromatic N) is 2. The Morgan fingerprint density at radius 2 is 1.62 bits per heavy atom. The van der Waals surface area contributed by atoms with Crippen molar-refractivity contribution in [2.45, 2.75) is 45.7 Å². The van der Waals surface area contributed by atoms with E-state index in [1.807, 2.05) is 56.3 Å². The third kappa shape index (κ3) is 9.77. The molecule has 0 radical (unpaired) electrons. The zero-order valence-electron chi connectivity index (χ0n) is 24.6. The SMILES string of the molecule is COc1ccccc1N(CCCC(=O)N(Cc1cccc(Cl)c1)[C@@H](Cc1ccccc1)C(=O)NCC(C)C)S(C)(=O)=O. The van der Waals surface area contributed by atoms with Crippen LogP contribution in [0.5, 0.6) is 5.75 Å². The average Bonchev–Trinajstić information content (AvgIpc) is 2.95. The molecule has 2 amide bonds. The van der Waals surface area contributed by atoms with Crippen molar-refractivity contribution < 1.29 is 22.7 Å². The highest BCUT2D eigenvalue weighted by Crippen LogP contribution is 2.30. The number of halogens is 1. The summed E-state index contributed by atoms with van der Waals surface area (Å²) >= 11 is 6.25. The lowest BCUT2D eigenvalue weighted by Gasteiger charge is -2.32. The molecule has 0 aliphatic carbocycles. The first-order valence-electron chi connectivity index (χ1n) is 14.0. The number of anilines is 1. The topological polar surface area (TPSA) is 96.0 Å². The maximum atomic E-state index is 13.9. The van der Waals surface area contributed by atoms with Gasteiger partial charge >= 0.3 is 0 Å². The number of benzene rings is 3. The second kappa shape index (κ2) is 15.6. The molecule has 10 heteroatoms. The summed E-state index contributed by atoms with van der Waals surface area (Å²) in [4.78, 5) is 29.1. The summed E-state index contributed by atoms with van der Waals surface area (Å²) in [5.74, 6) is 0.153. The fourth-order valence-corrected chi connectivity index (χ4v) is 5.81. The fraction of sp³-hybridized carbons (Fsp3) is 0.375. The van der Waals surface area contributed by atoms with Gasteiger partial charge in [-0.1, -0.05) is 80.0 Å². The molecule has 1 atom stereocenters. The van der Waals surface area contributed by atoms with Crippen LogP contribution in [-0.2, 0) is 32.6 Å². The summed E-state index contributed by atoms with van der Waals surface area (Å²) in [7, 11) is -2.18. The number of hydrogen-bond donors (Lipinski definition) is 1. The number of rotatable bonds is 15. The summed E-state index contributed by atoms with van der Waals surface area (Å²) in [6.07, 6.45) is 1.72. The highest BCUT2D eigenvalue weighted by atomic mass is 35.5. The lowest BCUT2D eigenvalue weighted by atomic mass is 10.0. The molecule has 226 valence electrons. The zero-order valence-corrected chi connectivity index (χ0v) is 26.2. The number of para-hydroxylation sites is 2. The van der Waals surface area contributed by atoms with Crippen LogP contribution in [0, 0.1) is 5.92 Å². The molecule has 0 saturated heterocycles. The maximum Gasteiger partial charge on any atom is 0.243 e. The standard InChI is InChI=1S/C32H40ClN3O5S/c1-24(2)22-34-32(38)29(21-25-12-6-5-7-13-25)35(23-26-14-10-15-27(33)20-26)31(37)18-11-19-36(42(4,39)40)28-16-8-9-17-30(28)41-3/h5-10,12-17,20,24,29H,11,18-19,21-23H2,1-4H3,(H,34,38)/t29-/m0/s1. The summed E-state index contributed by atoms with van der Waals surface area (Å²) in [6, 6.07) is 22.9. The van der Waals surface area contributed by atoms with E-state index in [2.05, 4.69) is 5.32 Å².